The Labute approximate surface area is 175 Å². The van der Waals surface area contributed by atoms with Crippen molar-refractivity contribution in [1.82, 2.24) is 15.0 Å². The topological polar surface area (TPSA) is 50.7 Å². The molecule has 2 heterocycles. The first-order chi connectivity index (χ1) is 14.4. The van der Waals surface area contributed by atoms with E-state index in [9.17, 15) is 0 Å². The standard InChI is InChI=1S/C19H14N4.3C2H6/c1-2-8-15(9-3-1)21-19-16-10-4-5-11-17(16)22-18(23-19)14-7-6-12-20-13-14;3*1-2/h1-13H,(H,21,22,23);3*1-2H3. The summed E-state index contributed by atoms with van der Waals surface area (Å²) < 4.78 is 0. The molecule has 0 aliphatic carbocycles. The SMILES string of the molecule is CC.CC.CC.c1ccc(Nc2nc(-c3cccnc3)nc3ccccc23)cc1. The molecule has 0 amide bonds. The Morgan fingerprint density at radius 1 is 0.655 bits per heavy atom. The smallest absolute Gasteiger partial charge is 0.163 e. The van der Waals surface area contributed by atoms with Gasteiger partial charge in [0, 0.05) is 29.0 Å². The number of anilines is 2. The Kier molecular flexibility index (Phi) is 11.3. The normalized spacial score (nSPS) is 9.03. The van der Waals surface area contributed by atoms with Crippen LogP contribution in [0.4, 0.5) is 11.5 Å². The fourth-order valence-corrected chi connectivity index (χ4v) is 2.45. The quantitative estimate of drug-likeness (QED) is 0.394. The average Bonchev–Trinajstić information content (AvgIpc) is 2.84. The zero-order valence-electron chi connectivity index (χ0n) is 18.3. The van der Waals surface area contributed by atoms with Crippen molar-refractivity contribution in [1.29, 1.82) is 0 Å². The van der Waals surface area contributed by atoms with Crippen molar-refractivity contribution in [3.8, 4) is 11.4 Å². The predicted molar refractivity (Wildman–Crippen MR) is 127 cm³/mol. The maximum Gasteiger partial charge on any atom is 0.163 e. The molecule has 0 unspecified atom stereocenters. The van der Waals surface area contributed by atoms with Gasteiger partial charge >= 0.3 is 0 Å². The highest BCUT2D eigenvalue weighted by Gasteiger charge is 2.09. The number of hydrogen-bond acceptors (Lipinski definition) is 4. The third kappa shape index (κ3) is 6.68. The Balaban J connectivity index is 0.000000644. The number of rotatable bonds is 3. The lowest BCUT2D eigenvalue weighted by Crippen LogP contribution is -1.99. The average molecular weight is 389 g/mol. The molecule has 29 heavy (non-hydrogen) atoms. The van der Waals surface area contributed by atoms with Crippen LogP contribution in [-0.2, 0) is 0 Å². The summed E-state index contributed by atoms with van der Waals surface area (Å²) in [5, 5.41) is 4.38. The molecule has 4 heteroatoms. The number of fused-ring (bicyclic) bond motifs is 1. The van der Waals surface area contributed by atoms with Gasteiger partial charge in [0.05, 0.1) is 5.52 Å². The monoisotopic (exact) mass is 388 g/mol. The minimum atomic E-state index is 0.662. The second-order valence-corrected chi connectivity index (χ2v) is 5.15. The maximum absolute atomic E-state index is 4.70. The third-order valence-corrected chi connectivity index (χ3v) is 3.56. The molecular weight excluding hydrogens is 356 g/mol. The molecule has 0 atom stereocenters. The van der Waals surface area contributed by atoms with Crippen molar-refractivity contribution in [2.45, 2.75) is 41.5 Å². The Hall–Kier alpha value is -3.27. The molecule has 0 aliphatic heterocycles. The van der Waals surface area contributed by atoms with Crippen LogP contribution in [0.3, 0.4) is 0 Å². The summed E-state index contributed by atoms with van der Waals surface area (Å²) in [5.74, 6) is 1.45. The fraction of sp³-hybridized carbons (Fsp3) is 0.240. The highest BCUT2D eigenvalue weighted by Crippen LogP contribution is 2.26. The van der Waals surface area contributed by atoms with Crippen LogP contribution in [0, 0.1) is 0 Å². The second kappa shape index (κ2) is 13.8. The lowest BCUT2D eigenvalue weighted by Gasteiger charge is -2.10. The van der Waals surface area contributed by atoms with Crippen molar-refractivity contribution >= 4 is 22.4 Å². The molecule has 0 aliphatic rings. The number of aromatic nitrogens is 3. The summed E-state index contributed by atoms with van der Waals surface area (Å²) in [4.78, 5) is 13.5. The third-order valence-electron chi connectivity index (χ3n) is 3.56. The van der Waals surface area contributed by atoms with Crippen LogP contribution in [0.5, 0.6) is 0 Å². The first-order valence-electron chi connectivity index (χ1n) is 10.4. The number of hydrogen-bond donors (Lipinski definition) is 1. The van der Waals surface area contributed by atoms with Crippen LogP contribution in [0.25, 0.3) is 22.3 Å². The molecule has 0 saturated carbocycles. The summed E-state index contributed by atoms with van der Waals surface area (Å²) in [7, 11) is 0. The molecule has 1 N–H and O–H groups in total. The van der Waals surface area contributed by atoms with E-state index in [0.29, 0.717) is 5.82 Å². The summed E-state index contributed by atoms with van der Waals surface area (Å²) in [6.07, 6.45) is 3.52. The van der Waals surface area contributed by atoms with E-state index in [4.69, 9.17) is 4.98 Å². The largest absolute Gasteiger partial charge is 0.340 e. The van der Waals surface area contributed by atoms with Gasteiger partial charge in [-0.2, -0.15) is 0 Å². The molecule has 0 spiro atoms. The van der Waals surface area contributed by atoms with Crippen molar-refractivity contribution in [2.24, 2.45) is 0 Å². The van der Waals surface area contributed by atoms with Gasteiger partial charge in [-0.1, -0.05) is 71.9 Å². The molecule has 0 bridgehead atoms. The molecule has 0 saturated heterocycles. The summed E-state index contributed by atoms with van der Waals surface area (Å²) in [5.41, 5.74) is 2.79. The van der Waals surface area contributed by atoms with Crippen LogP contribution < -0.4 is 5.32 Å². The number of pyridine rings is 1. The Bertz CT molecular complexity index is 938. The van der Waals surface area contributed by atoms with Crippen LogP contribution in [0.2, 0.25) is 0 Å². The van der Waals surface area contributed by atoms with Crippen LogP contribution in [-0.4, -0.2) is 15.0 Å². The fourth-order valence-electron chi connectivity index (χ4n) is 2.45. The van der Waals surface area contributed by atoms with Gasteiger partial charge in [-0.25, -0.2) is 9.97 Å². The van der Waals surface area contributed by atoms with Gasteiger partial charge in [0.2, 0.25) is 0 Å². The van der Waals surface area contributed by atoms with E-state index < -0.39 is 0 Å². The number of nitrogens with zero attached hydrogens (tertiary/aromatic N) is 3. The van der Waals surface area contributed by atoms with Gasteiger partial charge in [-0.15, -0.1) is 0 Å². The van der Waals surface area contributed by atoms with E-state index in [2.05, 4.69) is 15.3 Å². The van der Waals surface area contributed by atoms with Crippen molar-refractivity contribution in [3.63, 3.8) is 0 Å². The minimum Gasteiger partial charge on any atom is -0.340 e. The van der Waals surface area contributed by atoms with E-state index in [0.717, 1.165) is 28.0 Å². The number of nitrogens with one attached hydrogen (secondary N) is 1. The van der Waals surface area contributed by atoms with E-state index in [1.54, 1.807) is 12.4 Å². The van der Waals surface area contributed by atoms with Crippen molar-refractivity contribution in [2.75, 3.05) is 5.32 Å². The molecule has 152 valence electrons. The first-order valence-corrected chi connectivity index (χ1v) is 10.4. The highest BCUT2D eigenvalue weighted by molar-refractivity contribution is 5.92. The molecule has 4 nitrogen and oxygen atoms in total. The molecule has 0 radical (unpaired) electrons. The zero-order valence-corrected chi connectivity index (χ0v) is 18.3. The molecule has 2 aromatic heterocycles. The van der Waals surface area contributed by atoms with Crippen LogP contribution >= 0.6 is 0 Å². The van der Waals surface area contributed by atoms with Gasteiger partial charge in [0.1, 0.15) is 5.82 Å². The summed E-state index contributed by atoms with van der Waals surface area (Å²) >= 11 is 0. The molecule has 2 aromatic carbocycles. The Morgan fingerprint density at radius 3 is 1.97 bits per heavy atom. The van der Waals surface area contributed by atoms with Crippen molar-refractivity contribution in [3.05, 3.63) is 79.1 Å². The minimum absolute atomic E-state index is 0.662. The predicted octanol–water partition coefficient (Wildman–Crippen LogP) is 7.51. The zero-order chi connectivity index (χ0) is 21.5. The van der Waals surface area contributed by atoms with Crippen molar-refractivity contribution < 1.29 is 0 Å². The van der Waals surface area contributed by atoms with E-state index >= 15 is 0 Å². The van der Waals surface area contributed by atoms with E-state index in [-0.39, 0.29) is 0 Å². The molecule has 4 rings (SSSR count). The second-order valence-electron chi connectivity index (χ2n) is 5.15. The van der Waals surface area contributed by atoms with Gasteiger partial charge in [0.15, 0.2) is 5.82 Å². The van der Waals surface area contributed by atoms with Gasteiger partial charge in [0.25, 0.3) is 0 Å². The van der Waals surface area contributed by atoms with E-state index in [1.165, 1.54) is 0 Å². The Morgan fingerprint density at radius 2 is 1.31 bits per heavy atom. The van der Waals surface area contributed by atoms with Gasteiger partial charge in [-0.3, -0.25) is 4.98 Å². The molecule has 4 aromatic rings. The maximum atomic E-state index is 4.70. The van der Waals surface area contributed by atoms with Gasteiger partial charge in [-0.05, 0) is 36.4 Å². The van der Waals surface area contributed by atoms with Gasteiger partial charge < -0.3 is 5.32 Å². The van der Waals surface area contributed by atoms with E-state index in [1.807, 2.05) is 108 Å². The molecular formula is C25H32N4. The highest BCUT2D eigenvalue weighted by atomic mass is 15.0. The first kappa shape index (κ1) is 23.8. The molecule has 0 fully saturated rings. The lowest BCUT2D eigenvalue weighted by molar-refractivity contribution is 1.20. The summed E-state index contributed by atoms with van der Waals surface area (Å²) in [6.45, 7) is 12.0. The van der Waals surface area contributed by atoms with Crippen LogP contribution in [0.1, 0.15) is 41.5 Å². The number of benzene rings is 2. The number of para-hydroxylation sites is 2. The lowest BCUT2D eigenvalue weighted by atomic mass is 10.2. The van der Waals surface area contributed by atoms with Crippen LogP contribution in [0.15, 0.2) is 79.1 Å². The summed E-state index contributed by atoms with van der Waals surface area (Å²) in [6, 6.07) is 21.8.